The molecule has 1 saturated heterocycles. The van der Waals surface area contributed by atoms with Gasteiger partial charge < -0.3 is 9.64 Å². The summed E-state index contributed by atoms with van der Waals surface area (Å²) in [6.45, 7) is -0.546. The van der Waals surface area contributed by atoms with Crippen molar-refractivity contribution in [2.75, 3.05) is 6.61 Å². The molecule has 7 nitrogen and oxygen atoms in total. The maximum absolute atomic E-state index is 13.8. The number of morpholine rings is 1. The third kappa shape index (κ3) is 5.67. The van der Waals surface area contributed by atoms with Gasteiger partial charge in [-0.2, -0.15) is 0 Å². The Morgan fingerprint density at radius 1 is 1.03 bits per heavy atom. The second-order valence-corrected chi connectivity index (χ2v) is 9.92. The number of nitrogens with one attached hydrogen (secondary N) is 1. The quantitative estimate of drug-likeness (QED) is 0.536. The van der Waals surface area contributed by atoms with Crippen molar-refractivity contribution in [3.05, 3.63) is 101 Å². The van der Waals surface area contributed by atoms with Crippen LogP contribution in [0.15, 0.2) is 77.7 Å². The summed E-state index contributed by atoms with van der Waals surface area (Å²) < 4.78 is 59.8. The summed E-state index contributed by atoms with van der Waals surface area (Å²) >= 11 is 5.99. The average molecular weight is 521 g/mol. The summed E-state index contributed by atoms with van der Waals surface area (Å²) in [5.41, 5.74) is 0.926. The minimum absolute atomic E-state index is 0.0538. The number of rotatable bonds is 6. The molecule has 0 saturated carbocycles. The maximum Gasteiger partial charge on any atom is 0.265 e. The Labute approximate surface area is 205 Å². The van der Waals surface area contributed by atoms with Gasteiger partial charge in [-0.25, -0.2) is 21.9 Å². The zero-order valence-electron chi connectivity index (χ0n) is 18.0. The van der Waals surface area contributed by atoms with Crippen molar-refractivity contribution in [1.82, 2.24) is 9.62 Å². The van der Waals surface area contributed by atoms with Crippen molar-refractivity contribution < 1.29 is 31.5 Å². The van der Waals surface area contributed by atoms with Gasteiger partial charge in [-0.15, -0.1) is 0 Å². The van der Waals surface area contributed by atoms with Gasteiger partial charge >= 0.3 is 0 Å². The van der Waals surface area contributed by atoms with Crippen molar-refractivity contribution >= 4 is 33.4 Å². The fourth-order valence-electron chi connectivity index (χ4n) is 3.77. The average Bonchev–Trinajstić information content (AvgIpc) is 2.81. The summed E-state index contributed by atoms with van der Waals surface area (Å²) in [6, 6.07) is 14.8. The molecule has 11 heteroatoms. The molecule has 182 valence electrons. The molecular weight excluding hydrogens is 502 g/mol. The molecule has 1 aliphatic heterocycles. The smallest absolute Gasteiger partial charge is 0.265 e. The molecule has 1 heterocycles. The van der Waals surface area contributed by atoms with E-state index in [-0.39, 0.29) is 11.4 Å². The van der Waals surface area contributed by atoms with Crippen LogP contribution in [0.4, 0.5) is 8.78 Å². The van der Waals surface area contributed by atoms with Gasteiger partial charge in [-0.1, -0.05) is 35.9 Å². The number of hydrogen-bond acceptors (Lipinski definition) is 5. The van der Waals surface area contributed by atoms with Crippen molar-refractivity contribution in [3.63, 3.8) is 0 Å². The summed E-state index contributed by atoms with van der Waals surface area (Å²) in [5, 5.41) is 0.411. The molecular formula is C24H19ClF2N2O5S. The lowest BCUT2D eigenvalue weighted by Crippen LogP contribution is -2.54. The first-order valence-corrected chi connectivity index (χ1v) is 12.2. The molecule has 0 aromatic heterocycles. The summed E-state index contributed by atoms with van der Waals surface area (Å²) in [7, 11) is -4.35. The van der Waals surface area contributed by atoms with Gasteiger partial charge in [0.2, 0.25) is 5.91 Å². The first kappa shape index (κ1) is 24.8. The summed E-state index contributed by atoms with van der Waals surface area (Å²) in [6.07, 6.45) is -1.42. The second-order valence-electron chi connectivity index (χ2n) is 7.80. The normalized spacial score (nSPS) is 18.4. The van der Waals surface area contributed by atoms with E-state index in [1.807, 2.05) is 4.72 Å². The lowest BCUT2D eigenvalue weighted by atomic mass is 9.96. The Morgan fingerprint density at radius 2 is 1.71 bits per heavy atom. The molecule has 0 bridgehead atoms. The number of carbonyl (C=O) groups excluding carboxylic acids is 2. The molecule has 35 heavy (non-hydrogen) atoms. The van der Waals surface area contributed by atoms with Crippen molar-refractivity contribution in [2.24, 2.45) is 0 Å². The Morgan fingerprint density at radius 3 is 2.37 bits per heavy atom. The Balaban J connectivity index is 1.68. The van der Waals surface area contributed by atoms with Gasteiger partial charge in [-0.05, 0) is 59.7 Å². The van der Waals surface area contributed by atoms with E-state index in [4.69, 9.17) is 16.3 Å². The van der Waals surface area contributed by atoms with Crippen LogP contribution in [0.3, 0.4) is 0 Å². The van der Waals surface area contributed by atoms with Crippen LogP contribution < -0.4 is 4.72 Å². The fourth-order valence-corrected chi connectivity index (χ4v) is 4.89. The van der Waals surface area contributed by atoms with Crippen LogP contribution in [0.1, 0.15) is 17.2 Å². The predicted octanol–water partition coefficient (Wildman–Crippen LogP) is 3.59. The van der Waals surface area contributed by atoms with E-state index in [9.17, 15) is 26.8 Å². The van der Waals surface area contributed by atoms with Crippen LogP contribution in [-0.4, -0.2) is 37.8 Å². The second kappa shape index (κ2) is 10.1. The Kier molecular flexibility index (Phi) is 7.15. The van der Waals surface area contributed by atoms with Crippen molar-refractivity contribution in [1.29, 1.82) is 0 Å². The van der Waals surface area contributed by atoms with E-state index < -0.39 is 52.2 Å². The number of amides is 2. The number of sulfonamides is 1. The summed E-state index contributed by atoms with van der Waals surface area (Å²) in [5.74, 6) is -2.63. The SMILES string of the molecule is O=C(NS(=O)(=O)c1ccc(F)cc1)[C@@H]1OCC(=O)N(Cc2cccc(F)c2)[C@@H]1c1ccc(Cl)cc1. The third-order valence-corrected chi connectivity index (χ3v) is 7.01. The highest BCUT2D eigenvalue weighted by Crippen LogP contribution is 2.33. The Hall–Kier alpha value is -3.34. The van der Waals surface area contributed by atoms with E-state index in [0.717, 1.165) is 24.3 Å². The molecule has 1 aliphatic rings. The van der Waals surface area contributed by atoms with Crippen LogP contribution in [0.2, 0.25) is 5.02 Å². The number of nitrogens with zero attached hydrogens (tertiary/aromatic N) is 1. The molecule has 4 rings (SSSR count). The highest BCUT2D eigenvalue weighted by molar-refractivity contribution is 7.90. The largest absolute Gasteiger partial charge is 0.356 e. The van der Waals surface area contributed by atoms with Gasteiger partial charge in [0.05, 0.1) is 10.9 Å². The van der Waals surface area contributed by atoms with Crippen LogP contribution in [0.25, 0.3) is 0 Å². The Bertz CT molecular complexity index is 1350. The third-order valence-electron chi connectivity index (χ3n) is 5.40. The van der Waals surface area contributed by atoms with Gasteiger partial charge in [0.15, 0.2) is 6.10 Å². The minimum atomic E-state index is -4.35. The highest BCUT2D eigenvalue weighted by atomic mass is 35.5. The fraction of sp³-hybridized carbons (Fsp3) is 0.167. The molecule has 0 spiro atoms. The predicted molar refractivity (Wildman–Crippen MR) is 123 cm³/mol. The van der Waals surface area contributed by atoms with E-state index in [1.165, 1.54) is 23.1 Å². The number of ether oxygens (including phenoxy) is 1. The van der Waals surface area contributed by atoms with Crippen LogP contribution >= 0.6 is 11.6 Å². The molecule has 0 radical (unpaired) electrons. The van der Waals surface area contributed by atoms with E-state index in [0.29, 0.717) is 16.1 Å². The topological polar surface area (TPSA) is 92.8 Å². The van der Waals surface area contributed by atoms with Crippen LogP contribution in [0.5, 0.6) is 0 Å². The van der Waals surface area contributed by atoms with Crippen LogP contribution in [-0.2, 0) is 30.9 Å². The van der Waals surface area contributed by atoms with Gasteiger partial charge in [0.1, 0.15) is 18.2 Å². The lowest BCUT2D eigenvalue weighted by molar-refractivity contribution is -0.164. The van der Waals surface area contributed by atoms with Gasteiger partial charge in [-0.3, -0.25) is 9.59 Å². The standard InChI is InChI=1S/C24H19ClF2N2O5S/c25-17-6-4-16(5-7-17)22-23(24(31)28-35(32,33)20-10-8-18(26)9-11-20)34-14-21(30)29(22)13-15-2-1-3-19(27)12-15/h1-12,22-23H,13-14H2,(H,28,31)/t22-,23-/m1/s1. The molecule has 2 amide bonds. The van der Waals surface area contributed by atoms with E-state index >= 15 is 0 Å². The van der Waals surface area contributed by atoms with Crippen LogP contribution in [0, 0.1) is 11.6 Å². The number of benzene rings is 3. The first-order valence-electron chi connectivity index (χ1n) is 10.4. The monoisotopic (exact) mass is 520 g/mol. The molecule has 3 aromatic carbocycles. The lowest BCUT2D eigenvalue weighted by Gasteiger charge is -2.40. The molecule has 0 unspecified atom stereocenters. The zero-order valence-corrected chi connectivity index (χ0v) is 19.6. The number of halogens is 3. The zero-order chi connectivity index (χ0) is 25.2. The summed E-state index contributed by atoms with van der Waals surface area (Å²) in [4.78, 5) is 27.0. The molecule has 1 N–H and O–H groups in total. The minimum Gasteiger partial charge on any atom is -0.356 e. The van der Waals surface area contributed by atoms with E-state index in [1.54, 1.807) is 30.3 Å². The first-order chi connectivity index (χ1) is 16.6. The molecule has 3 aromatic rings. The molecule has 0 aliphatic carbocycles. The van der Waals surface area contributed by atoms with E-state index in [2.05, 4.69) is 0 Å². The highest BCUT2D eigenvalue weighted by Gasteiger charge is 2.43. The maximum atomic E-state index is 13.8. The molecule has 1 fully saturated rings. The molecule has 2 atom stereocenters. The van der Waals surface area contributed by atoms with Gasteiger partial charge in [0.25, 0.3) is 15.9 Å². The van der Waals surface area contributed by atoms with Gasteiger partial charge in [0, 0.05) is 11.6 Å². The number of carbonyl (C=O) groups is 2. The van der Waals surface area contributed by atoms with Crippen molar-refractivity contribution in [3.8, 4) is 0 Å². The van der Waals surface area contributed by atoms with Crippen molar-refractivity contribution in [2.45, 2.75) is 23.6 Å². The number of hydrogen-bond donors (Lipinski definition) is 1.